The fourth-order valence-corrected chi connectivity index (χ4v) is 4.88. The first-order valence-corrected chi connectivity index (χ1v) is 13.9. The van der Waals surface area contributed by atoms with Crippen LogP contribution in [0.1, 0.15) is 36.1 Å². The summed E-state index contributed by atoms with van der Waals surface area (Å²) in [7, 11) is 1.65. The third kappa shape index (κ3) is 8.97. The van der Waals surface area contributed by atoms with Crippen LogP contribution in [0, 0.1) is 12.8 Å². The number of benzene rings is 3. The van der Waals surface area contributed by atoms with Crippen molar-refractivity contribution >= 4 is 23.6 Å². The van der Waals surface area contributed by atoms with Crippen LogP contribution in [0.3, 0.4) is 0 Å². The summed E-state index contributed by atoms with van der Waals surface area (Å²) in [6.07, 6.45) is 0.464. The van der Waals surface area contributed by atoms with E-state index in [0.717, 1.165) is 28.0 Å². The molecule has 0 aliphatic carbocycles. The van der Waals surface area contributed by atoms with Gasteiger partial charge in [-0.25, -0.2) is 0 Å². The summed E-state index contributed by atoms with van der Waals surface area (Å²) < 4.78 is 5.24. The molecule has 0 aliphatic rings. The molecular weight excluding hydrogens is 480 g/mol. The van der Waals surface area contributed by atoms with Gasteiger partial charge in [-0.05, 0) is 47.2 Å². The molecule has 196 valence electrons. The van der Waals surface area contributed by atoms with E-state index in [2.05, 4.69) is 19.2 Å². The van der Waals surface area contributed by atoms with Crippen molar-refractivity contribution in [3.05, 3.63) is 101 Å². The number of nitrogens with zero attached hydrogens (tertiary/aromatic N) is 1. The molecule has 0 heterocycles. The fraction of sp³-hybridized carbons (Fsp3) is 0.355. The lowest BCUT2D eigenvalue weighted by Crippen LogP contribution is -2.51. The number of rotatable bonds is 13. The van der Waals surface area contributed by atoms with E-state index in [0.29, 0.717) is 36.9 Å². The van der Waals surface area contributed by atoms with Gasteiger partial charge in [0.2, 0.25) is 11.8 Å². The highest BCUT2D eigenvalue weighted by atomic mass is 32.2. The molecule has 1 N–H and O–H groups in total. The molecule has 1 atom stereocenters. The standard InChI is InChI=1S/C31H38N2O3S/c1-23(2)19-32-31(35)29(18-25-11-6-5-7-12-25)33(20-27-13-9-8-10-24(27)3)30(34)22-37-21-26-14-16-28(36-4)17-15-26/h5-17,23,29H,18-22H2,1-4H3,(H,32,35)/t29-/m0/s1. The van der Waals surface area contributed by atoms with Crippen LogP contribution in [0.2, 0.25) is 0 Å². The maximum atomic E-state index is 13.7. The van der Waals surface area contributed by atoms with Gasteiger partial charge in [0.25, 0.3) is 0 Å². The topological polar surface area (TPSA) is 58.6 Å². The van der Waals surface area contributed by atoms with E-state index < -0.39 is 6.04 Å². The van der Waals surface area contributed by atoms with E-state index in [4.69, 9.17) is 4.74 Å². The molecule has 5 nitrogen and oxygen atoms in total. The molecule has 0 radical (unpaired) electrons. The molecule has 0 aliphatic heterocycles. The van der Waals surface area contributed by atoms with Crippen molar-refractivity contribution in [1.82, 2.24) is 10.2 Å². The maximum absolute atomic E-state index is 13.7. The van der Waals surface area contributed by atoms with Gasteiger partial charge in [-0.3, -0.25) is 9.59 Å². The Morgan fingerprint density at radius 1 is 0.919 bits per heavy atom. The number of carbonyl (C=O) groups excluding carboxylic acids is 2. The molecule has 0 aromatic heterocycles. The van der Waals surface area contributed by atoms with Gasteiger partial charge in [0.1, 0.15) is 11.8 Å². The number of nitrogens with one attached hydrogen (secondary N) is 1. The quantitative estimate of drug-likeness (QED) is 0.318. The minimum atomic E-state index is -0.602. The second-order valence-corrected chi connectivity index (χ2v) is 10.6. The van der Waals surface area contributed by atoms with Crippen LogP contribution in [-0.4, -0.2) is 42.2 Å². The molecule has 0 unspecified atom stereocenters. The number of ether oxygens (including phenoxy) is 1. The van der Waals surface area contributed by atoms with E-state index in [9.17, 15) is 9.59 Å². The largest absolute Gasteiger partial charge is 0.497 e. The highest BCUT2D eigenvalue weighted by Crippen LogP contribution is 2.21. The molecule has 6 heteroatoms. The van der Waals surface area contributed by atoms with Crippen LogP contribution < -0.4 is 10.1 Å². The van der Waals surface area contributed by atoms with Crippen molar-refractivity contribution in [2.75, 3.05) is 19.4 Å². The molecule has 0 spiro atoms. The van der Waals surface area contributed by atoms with E-state index in [1.54, 1.807) is 23.8 Å². The Bertz CT molecular complexity index is 1130. The minimum Gasteiger partial charge on any atom is -0.497 e. The van der Waals surface area contributed by atoms with Gasteiger partial charge in [-0.2, -0.15) is 0 Å². The number of aryl methyl sites for hydroxylation is 1. The number of methoxy groups -OCH3 is 1. The van der Waals surface area contributed by atoms with Gasteiger partial charge in [-0.15, -0.1) is 11.8 Å². The third-order valence-corrected chi connectivity index (χ3v) is 7.20. The van der Waals surface area contributed by atoms with Gasteiger partial charge in [0.05, 0.1) is 12.9 Å². The molecule has 3 aromatic carbocycles. The Morgan fingerprint density at radius 2 is 1.59 bits per heavy atom. The van der Waals surface area contributed by atoms with Gasteiger partial charge in [0.15, 0.2) is 0 Å². The Labute approximate surface area is 225 Å². The second-order valence-electron chi connectivity index (χ2n) is 9.63. The molecule has 0 saturated heterocycles. The first-order chi connectivity index (χ1) is 17.9. The summed E-state index contributed by atoms with van der Waals surface area (Å²) in [4.78, 5) is 29.0. The normalized spacial score (nSPS) is 11.7. The smallest absolute Gasteiger partial charge is 0.243 e. The number of hydrogen-bond donors (Lipinski definition) is 1. The van der Waals surface area contributed by atoms with Crippen LogP contribution in [0.5, 0.6) is 5.75 Å². The molecule has 3 aromatic rings. The maximum Gasteiger partial charge on any atom is 0.243 e. The number of amides is 2. The zero-order chi connectivity index (χ0) is 26.6. The molecule has 0 bridgehead atoms. The zero-order valence-corrected chi connectivity index (χ0v) is 23.1. The Morgan fingerprint density at radius 3 is 2.24 bits per heavy atom. The zero-order valence-electron chi connectivity index (χ0n) is 22.3. The molecule has 0 saturated carbocycles. The molecule has 37 heavy (non-hydrogen) atoms. The molecular formula is C31H38N2O3S. The van der Waals surface area contributed by atoms with Crippen molar-refractivity contribution in [3.8, 4) is 5.75 Å². The van der Waals surface area contributed by atoms with Crippen molar-refractivity contribution in [2.45, 2.75) is 45.5 Å². The van der Waals surface area contributed by atoms with E-state index >= 15 is 0 Å². The Hall–Kier alpha value is -3.25. The lowest BCUT2D eigenvalue weighted by Gasteiger charge is -2.32. The Balaban J connectivity index is 1.83. The molecule has 3 rings (SSSR count). The van der Waals surface area contributed by atoms with Crippen molar-refractivity contribution in [3.63, 3.8) is 0 Å². The lowest BCUT2D eigenvalue weighted by atomic mass is 10.0. The van der Waals surface area contributed by atoms with Crippen LogP contribution >= 0.6 is 11.8 Å². The number of hydrogen-bond acceptors (Lipinski definition) is 4. The monoisotopic (exact) mass is 518 g/mol. The first kappa shape index (κ1) is 28.3. The van der Waals surface area contributed by atoms with Gasteiger partial charge in [0, 0.05) is 25.3 Å². The predicted octanol–water partition coefficient (Wildman–Crippen LogP) is 5.65. The van der Waals surface area contributed by atoms with Crippen molar-refractivity contribution in [2.24, 2.45) is 5.92 Å². The highest BCUT2D eigenvalue weighted by Gasteiger charge is 2.30. The van der Waals surface area contributed by atoms with E-state index in [1.807, 2.05) is 85.8 Å². The number of thioether (sulfide) groups is 1. The van der Waals surface area contributed by atoms with E-state index in [1.165, 1.54) is 0 Å². The molecule has 0 fully saturated rings. The van der Waals surface area contributed by atoms with Crippen molar-refractivity contribution < 1.29 is 14.3 Å². The predicted molar refractivity (Wildman–Crippen MR) is 153 cm³/mol. The third-order valence-electron chi connectivity index (χ3n) is 6.21. The average molecular weight is 519 g/mol. The SMILES string of the molecule is COc1ccc(CSCC(=O)N(Cc2ccccc2C)[C@@H](Cc2ccccc2)C(=O)NCC(C)C)cc1. The average Bonchev–Trinajstić information content (AvgIpc) is 2.91. The van der Waals surface area contributed by atoms with Gasteiger partial charge < -0.3 is 15.0 Å². The lowest BCUT2D eigenvalue weighted by molar-refractivity contribution is -0.139. The van der Waals surface area contributed by atoms with Crippen LogP contribution in [0.4, 0.5) is 0 Å². The summed E-state index contributed by atoms with van der Waals surface area (Å²) in [6, 6.07) is 25.3. The second kappa shape index (κ2) is 14.5. The van der Waals surface area contributed by atoms with Gasteiger partial charge >= 0.3 is 0 Å². The fourth-order valence-electron chi connectivity index (χ4n) is 4.01. The van der Waals surface area contributed by atoms with Crippen molar-refractivity contribution in [1.29, 1.82) is 0 Å². The number of carbonyl (C=O) groups is 2. The minimum absolute atomic E-state index is 0.0395. The van der Waals surface area contributed by atoms with Gasteiger partial charge in [-0.1, -0.05) is 80.6 Å². The summed E-state index contributed by atoms with van der Waals surface area (Å²) in [5, 5.41) is 3.08. The first-order valence-electron chi connectivity index (χ1n) is 12.7. The summed E-state index contributed by atoms with van der Waals surface area (Å²) in [5.74, 6) is 1.98. The summed E-state index contributed by atoms with van der Waals surface area (Å²) in [5.41, 5.74) is 4.30. The Kier molecular flexibility index (Phi) is 11.1. The van der Waals surface area contributed by atoms with Crippen LogP contribution in [0.15, 0.2) is 78.9 Å². The molecule has 2 amide bonds. The summed E-state index contributed by atoms with van der Waals surface area (Å²) in [6.45, 7) is 7.14. The highest BCUT2D eigenvalue weighted by molar-refractivity contribution is 7.99. The van der Waals surface area contributed by atoms with Crippen LogP contribution in [-0.2, 0) is 28.3 Å². The summed E-state index contributed by atoms with van der Waals surface area (Å²) >= 11 is 1.56. The van der Waals surface area contributed by atoms with E-state index in [-0.39, 0.29) is 11.8 Å². The van der Waals surface area contributed by atoms with Crippen LogP contribution in [0.25, 0.3) is 0 Å².